The summed E-state index contributed by atoms with van der Waals surface area (Å²) in [6.45, 7) is 12.4. The van der Waals surface area contributed by atoms with Gasteiger partial charge in [0, 0.05) is 24.2 Å². The van der Waals surface area contributed by atoms with E-state index in [1.54, 1.807) is 0 Å². The molecule has 0 bridgehead atoms. The second kappa shape index (κ2) is 11.5. The lowest BCUT2D eigenvalue weighted by molar-refractivity contribution is -0.133. The first-order valence-corrected chi connectivity index (χ1v) is 10.6. The van der Waals surface area contributed by atoms with E-state index in [2.05, 4.69) is 26.5 Å². The van der Waals surface area contributed by atoms with E-state index in [1.165, 1.54) is 18.4 Å². The van der Waals surface area contributed by atoms with Crippen molar-refractivity contribution in [2.75, 3.05) is 0 Å². The van der Waals surface area contributed by atoms with Gasteiger partial charge in [0.1, 0.15) is 11.6 Å². The molecular weight excluding hydrogens is 320 g/mol. The topological polar surface area (TPSA) is 34.1 Å². The Kier molecular flexibility index (Phi) is 10.1. The third-order valence-electron chi connectivity index (χ3n) is 5.89. The highest BCUT2D eigenvalue weighted by atomic mass is 16.1. The molecule has 0 fully saturated rings. The molecule has 26 heavy (non-hydrogen) atoms. The van der Waals surface area contributed by atoms with Crippen molar-refractivity contribution < 1.29 is 9.59 Å². The summed E-state index contributed by atoms with van der Waals surface area (Å²) in [6, 6.07) is 0. The summed E-state index contributed by atoms with van der Waals surface area (Å²) in [6.07, 6.45) is 14.3. The van der Waals surface area contributed by atoms with Gasteiger partial charge in [-0.2, -0.15) is 0 Å². The van der Waals surface area contributed by atoms with Crippen molar-refractivity contribution in [3.8, 4) is 0 Å². The number of carbonyl (C=O) groups is 2. The van der Waals surface area contributed by atoms with Crippen LogP contribution in [0.15, 0.2) is 24.3 Å². The van der Waals surface area contributed by atoms with Crippen LogP contribution >= 0.6 is 0 Å². The predicted octanol–water partition coefficient (Wildman–Crippen LogP) is 6.84. The molecule has 0 N–H and O–H groups in total. The molecule has 1 aliphatic rings. The molecule has 2 heteroatoms. The van der Waals surface area contributed by atoms with Crippen LogP contribution in [0.3, 0.4) is 0 Å². The van der Waals surface area contributed by atoms with Gasteiger partial charge in [-0.15, -0.1) is 6.58 Å². The third kappa shape index (κ3) is 8.47. The summed E-state index contributed by atoms with van der Waals surface area (Å²) < 4.78 is 0. The standard InChI is InChI=1S/C24H40O2/c1-6-7-14-21-18-20(3)13-10-12-19(2)11-8-9-15-22(25)16-17-24(4,5)23(21)26/h6,11,20-21H,1,7-10,12-18H2,2-5H3. The van der Waals surface area contributed by atoms with E-state index in [9.17, 15) is 9.59 Å². The van der Waals surface area contributed by atoms with Crippen molar-refractivity contribution in [2.45, 2.75) is 98.3 Å². The Morgan fingerprint density at radius 1 is 1.19 bits per heavy atom. The van der Waals surface area contributed by atoms with Gasteiger partial charge in [0.15, 0.2) is 0 Å². The molecule has 2 atom stereocenters. The monoisotopic (exact) mass is 360 g/mol. The summed E-state index contributed by atoms with van der Waals surface area (Å²) >= 11 is 0. The SMILES string of the molecule is C=CCCC1CC(C)CCCC(C)=CCCCC(=O)CCC(C)(C)C1=O. The van der Waals surface area contributed by atoms with Crippen LogP contribution in [-0.4, -0.2) is 11.6 Å². The van der Waals surface area contributed by atoms with Crippen LogP contribution in [0, 0.1) is 17.3 Å². The number of rotatable bonds is 3. The Morgan fingerprint density at radius 2 is 1.92 bits per heavy atom. The Hall–Kier alpha value is -1.18. The van der Waals surface area contributed by atoms with E-state index in [0.29, 0.717) is 36.7 Å². The molecule has 0 amide bonds. The first kappa shape index (κ1) is 22.9. The Labute approximate surface area is 161 Å². The summed E-state index contributed by atoms with van der Waals surface area (Å²) in [7, 11) is 0. The molecule has 0 aliphatic heterocycles. The van der Waals surface area contributed by atoms with Gasteiger partial charge in [-0.05, 0) is 64.2 Å². The summed E-state index contributed by atoms with van der Waals surface area (Å²) in [5.74, 6) is 1.31. The van der Waals surface area contributed by atoms with Gasteiger partial charge >= 0.3 is 0 Å². The summed E-state index contributed by atoms with van der Waals surface area (Å²) in [5, 5.41) is 0. The molecule has 2 nitrogen and oxygen atoms in total. The van der Waals surface area contributed by atoms with E-state index < -0.39 is 5.41 Å². The maximum absolute atomic E-state index is 13.2. The molecule has 0 saturated heterocycles. The average Bonchev–Trinajstić information content (AvgIpc) is 2.59. The minimum atomic E-state index is -0.408. The largest absolute Gasteiger partial charge is 0.300 e. The van der Waals surface area contributed by atoms with Crippen LogP contribution in [0.25, 0.3) is 0 Å². The lowest BCUT2D eigenvalue weighted by atomic mass is 9.73. The normalized spacial score (nSPS) is 27.0. The maximum Gasteiger partial charge on any atom is 0.141 e. The number of allylic oxidation sites excluding steroid dienone is 3. The zero-order valence-electron chi connectivity index (χ0n) is 17.6. The Morgan fingerprint density at radius 3 is 2.62 bits per heavy atom. The molecule has 0 aromatic rings. The lowest BCUT2D eigenvalue weighted by Gasteiger charge is -2.30. The van der Waals surface area contributed by atoms with E-state index >= 15 is 0 Å². The van der Waals surface area contributed by atoms with Crippen molar-refractivity contribution >= 4 is 11.6 Å². The van der Waals surface area contributed by atoms with Gasteiger partial charge in [-0.25, -0.2) is 0 Å². The fourth-order valence-corrected chi connectivity index (χ4v) is 4.01. The molecule has 0 radical (unpaired) electrons. The van der Waals surface area contributed by atoms with Gasteiger partial charge < -0.3 is 0 Å². The van der Waals surface area contributed by atoms with E-state index in [-0.39, 0.29) is 5.92 Å². The molecule has 2 unspecified atom stereocenters. The van der Waals surface area contributed by atoms with Crippen molar-refractivity contribution in [3.63, 3.8) is 0 Å². The number of carbonyl (C=O) groups excluding carboxylic acids is 2. The average molecular weight is 361 g/mol. The van der Waals surface area contributed by atoms with Crippen molar-refractivity contribution in [3.05, 3.63) is 24.3 Å². The number of hydrogen-bond acceptors (Lipinski definition) is 2. The number of Topliss-reactive ketones (excluding diaryl/α,β-unsaturated/α-hetero) is 2. The molecule has 0 aromatic heterocycles. The fraction of sp³-hybridized carbons (Fsp3) is 0.750. The second-order valence-electron chi connectivity index (χ2n) is 9.03. The molecule has 0 spiro atoms. The van der Waals surface area contributed by atoms with E-state index in [4.69, 9.17) is 0 Å². The first-order valence-electron chi connectivity index (χ1n) is 10.6. The Bertz CT molecular complexity index is 498. The van der Waals surface area contributed by atoms with Crippen molar-refractivity contribution in [1.29, 1.82) is 0 Å². The second-order valence-corrected chi connectivity index (χ2v) is 9.03. The predicted molar refractivity (Wildman–Crippen MR) is 111 cm³/mol. The van der Waals surface area contributed by atoms with Crippen LogP contribution in [0.2, 0.25) is 0 Å². The number of hydrogen-bond donors (Lipinski definition) is 0. The minimum Gasteiger partial charge on any atom is -0.300 e. The maximum atomic E-state index is 13.2. The molecule has 0 heterocycles. The van der Waals surface area contributed by atoms with Crippen LogP contribution in [0.1, 0.15) is 98.3 Å². The zero-order valence-corrected chi connectivity index (χ0v) is 17.6. The zero-order chi connectivity index (χ0) is 19.6. The molecule has 0 aromatic carbocycles. The summed E-state index contributed by atoms with van der Waals surface area (Å²) in [4.78, 5) is 25.4. The van der Waals surface area contributed by atoms with Gasteiger partial charge in [0.2, 0.25) is 0 Å². The molecule has 148 valence electrons. The van der Waals surface area contributed by atoms with Gasteiger partial charge in [0.25, 0.3) is 0 Å². The Balaban J connectivity index is 2.89. The van der Waals surface area contributed by atoms with Gasteiger partial charge in [-0.1, -0.05) is 44.9 Å². The number of ketones is 2. The highest BCUT2D eigenvalue weighted by molar-refractivity contribution is 5.87. The molecule has 0 saturated carbocycles. The lowest BCUT2D eigenvalue weighted by Crippen LogP contribution is -2.32. The van der Waals surface area contributed by atoms with Gasteiger partial charge in [0.05, 0.1) is 0 Å². The molecule has 1 aliphatic carbocycles. The van der Waals surface area contributed by atoms with Crippen LogP contribution in [0.4, 0.5) is 0 Å². The smallest absolute Gasteiger partial charge is 0.141 e. The third-order valence-corrected chi connectivity index (χ3v) is 5.89. The van der Waals surface area contributed by atoms with E-state index in [0.717, 1.165) is 38.5 Å². The minimum absolute atomic E-state index is 0.0950. The van der Waals surface area contributed by atoms with Gasteiger partial charge in [-0.3, -0.25) is 9.59 Å². The molecule has 1 rings (SSSR count). The quantitative estimate of drug-likeness (QED) is 0.516. The van der Waals surface area contributed by atoms with Crippen LogP contribution < -0.4 is 0 Å². The fourth-order valence-electron chi connectivity index (χ4n) is 4.01. The highest BCUT2D eigenvalue weighted by Crippen LogP contribution is 2.33. The van der Waals surface area contributed by atoms with Crippen molar-refractivity contribution in [2.24, 2.45) is 17.3 Å². The molecular formula is C24H40O2. The van der Waals surface area contributed by atoms with Crippen LogP contribution in [-0.2, 0) is 9.59 Å². The van der Waals surface area contributed by atoms with E-state index in [1.807, 2.05) is 19.9 Å². The van der Waals surface area contributed by atoms with Crippen molar-refractivity contribution in [1.82, 2.24) is 0 Å². The van der Waals surface area contributed by atoms with Crippen LogP contribution in [0.5, 0.6) is 0 Å². The highest BCUT2D eigenvalue weighted by Gasteiger charge is 2.34. The summed E-state index contributed by atoms with van der Waals surface area (Å²) in [5.41, 5.74) is 1.03. The first-order chi connectivity index (χ1) is 12.3.